The van der Waals surface area contributed by atoms with Crippen molar-refractivity contribution in [1.82, 2.24) is 20.1 Å². The fraction of sp³-hybridized carbons (Fsp3) is 0.381. The van der Waals surface area contributed by atoms with E-state index in [1.807, 2.05) is 44.3 Å². The van der Waals surface area contributed by atoms with E-state index in [2.05, 4.69) is 10.4 Å². The highest BCUT2D eigenvalue weighted by atomic mass is 16.5. The average Bonchev–Trinajstić information content (AvgIpc) is 3.51. The number of methoxy groups -OCH3 is 1. The van der Waals surface area contributed by atoms with Crippen LogP contribution < -0.4 is 14.8 Å². The fourth-order valence-corrected chi connectivity index (χ4v) is 3.39. The monoisotopic (exact) mass is 380 g/mol. The number of hydrogen-bond acceptors (Lipinski definition) is 5. The van der Waals surface area contributed by atoms with E-state index in [0.29, 0.717) is 36.1 Å². The number of carbonyl (C=O) groups excluding carboxylic acids is 1. The first-order valence-corrected chi connectivity index (χ1v) is 9.46. The van der Waals surface area contributed by atoms with Crippen LogP contribution in [0.1, 0.15) is 40.5 Å². The minimum Gasteiger partial charge on any atom is -0.493 e. The van der Waals surface area contributed by atoms with Gasteiger partial charge in [0.25, 0.3) is 5.91 Å². The average molecular weight is 380 g/mol. The molecule has 0 radical (unpaired) electrons. The molecule has 2 aromatic heterocycles. The Morgan fingerprint density at radius 3 is 2.75 bits per heavy atom. The van der Waals surface area contributed by atoms with Gasteiger partial charge in [-0.25, -0.2) is 4.98 Å². The van der Waals surface area contributed by atoms with Crippen LogP contribution in [-0.4, -0.2) is 40.9 Å². The molecule has 1 fully saturated rings. The summed E-state index contributed by atoms with van der Waals surface area (Å²) in [6.07, 6.45) is 2.26. The van der Waals surface area contributed by atoms with E-state index < -0.39 is 0 Å². The van der Waals surface area contributed by atoms with Crippen LogP contribution in [0.3, 0.4) is 0 Å². The van der Waals surface area contributed by atoms with Crippen molar-refractivity contribution in [1.29, 1.82) is 0 Å². The summed E-state index contributed by atoms with van der Waals surface area (Å²) in [5, 5.41) is 8.21. The maximum absolute atomic E-state index is 12.9. The van der Waals surface area contributed by atoms with Crippen LogP contribution in [0.5, 0.6) is 11.5 Å². The van der Waals surface area contributed by atoms with Crippen LogP contribution in [0.4, 0.5) is 0 Å². The van der Waals surface area contributed by atoms with Crippen molar-refractivity contribution in [2.75, 3.05) is 20.3 Å². The Balaban J connectivity index is 1.48. The highest BCUT2D eigenvalue weighted by molar-refractivity contribution is 6.06. The third kappa shape index (κ3) is 3.52. The third-order valence-corrected chi connectivity index (χ3v) is 4.94. The predicted octanol–water partition coefficient (Wildman–Crippen LogP) is 2.97. The SMILES string of the molecule is COc1ccccc1OCCNC(=O)c1cc(C2CC2)nc2c1c(C)nn2C. The van der Waals surface area contributed by atoms with Crippen molar-refractivity contribution < 1.29 is 14.3 Å². The van der Waals surface area contributed by atoms with Gasteiger partial charge in [0.05, 0.1) is 30.3 Å². The van der Waals surface area contributed by atoms with Gasteiger partial charge < -0.3 is 14.8 Å². The van der Waals surface area contributed by atoms with Crippen LogP contribution >= 0.6 is 0 Å². The standard InChI is InChI=1S/C21H24N4O3/c1-13-19-15(12-16(14-8-9-14)23-20(19)25(2)24-13)21(26)22-10-11-28-18-7-5-4-6-17(18)27-3/h4-7,12,14H,8-11H2,1-3H3,(H,22,26). The van der Waals surface area contributed by atoms with E-state index in [-0.39, 0.29) is 5.91 Å². The van der Waals surface area contributed by atoms with Gasteiger partial charge in [-0.05, 0) is 38.0 Å². The number of hydrogen-bond donors (Lipinski definition) is 1. The molecule has 1 amide bonds. The topological polar surface area (TPSA) is 78.3 Å². The summed E-state index contributed by atoms with van der Waals surface area (Å²) in [7, 11) is 3.47. The van der Waals surface area contributed by atoms with E-state index in [0.717, 1.165) is 35.3 Å². The number of carbonyl (C=O) groups is 1. The lowest BCUT2D eigenvalue weighted by Gasteiger charge is -2.12. The molecule has 7 heteroatoms. The van der Waals surface area contributed by atoms with Crippen molar-refractivity contribution in [3.63, 3.8) is 0 Å². The highest BCUT2D eigenvalue weighted by Gasteiger charge is 2.28. The first-order valence-electron chi connectivity index (χ1n) is 9.46. The van der Waals surface area contributed by atoms with Gasteiger partial charge in [-0.2, -0.15) is 5.10 Å². The largest absolute Gasteiger partial charge is 0.493 e. The van der Waals surface area contributed by atoms with Gasteiger partial charge in [-0.1, -0.05) is 12.1 Å². The minimum absolute atomic E-state index is 0.131. The molecule has 3 aromatic rings. The van der Waals surface area contributed by atoms with E-state index in [9.17, 15) is 4.79 Å². The number of aryl methyl sites for hydroxylation is 2. The summed E-state index contributed by atoms with van der Waals surface area (Å²) in [5.74, 6) is 1.66. The van der Waals surface area contributed by atoms with Gasteiger partial charge >= 0.3 is 0 Å². The molecule has 0 aliphatic heterocycles. The molecule has 0 saturated heterocycles. The molecule has 146 valence electrons. The van der Waals surface area contributed by atoms with Crippen LogP contribution in [0.25, 0.3) is 11.0 Å². The molecule has 1 saturated carbocycles. The van der Waals surface area contributed by atoms with Crippen LogP contribution in [-0.2, 0) is 7.05 Å². The van der Waals surface area contributed by atoms with E-state index in [1.165, 1.54) is 0 Å². The van der Waals surface area contributed by atoms with Crippen molar-refractivity contribution in [2.24, 2.45) is 7.05 Å². The summed E-state index contributed by atoms with van der Waals surface area (Å²) in [6.45, 7) is 2.64. The number of amides is 1. The number of ether oxygens (including phenoxy) is 2. The summed E-state index contributed by atoms with van der Waals surface area (Å²) in [5.41, 5.74) is 3.18. The Labute approximate surface area is 163 Å². The van der Waals surface area contributed by atoms with Gasteiger partial charge in [0.15, 0.2) is 17.1 Å². The Morgan fingerprint density at radius 2 is 2.04 bits per heavy atom. The van der Waals surface area contributed by atoms with Gasteiger partial charge in [0.2, 0.25) is 0 Å². The Morgan fingerprint density at radius 1 is 1.29 bits per heavy atom. The van der Waals surface area contributed by atoms with Crippen molar-refractivity contribution in [3.8, 4) is 11.5 Å². The summed E-state index contributed by atoms with van der Waals surface area (Å²) in [4.78, 5) is 17.6. The number of pyridine rings is 1. The summed E-state index contributed by atoms with van der Waals surface area (Å²) in [6, 6.07) is 9.37. The molecule has 1 aromatic carbocycles. The Kier molecular flexibility index (Phi) is 4.90. The van der Waals surface area contributed by atoms with E-state index in [4.69, 9.17) is 14.5 Å². The number of aromatic nitrogens is 3. The lowest BCUT2D eigenvalue weighted by molar-refractivity contribution is 0.0948. The molecule has 7 nitrogen and oxygen atoms in total. The molecule has 4 rings (SSSR count). The van der Waals surface area contributed by atoms with Gasteiger partial charge in [-0.3, -0.25) is 9.48 Å². The molecule has 1 N–H and O–H groups in total. The number of rotatable bonds is 7. The van der Waals surface area contributed by atoms with E-state index in [1.54, 1.807) is 11.8 Å². The van der Waals surface area contributed by atoms with Crippen molar-refractivity contribution in [2.45, 2.75) is 25.7 Å². The highest BCUT2D eigenvalue weighted by Crippen LogP contribution is 2.40. The molecule has 0 atom stereocenters. The number of nitrogens with one attached hydrogen (secondary N) is 1. The maximum Gasteiger partial charge on any atom is 0.252 e. The van der Waals surface area contributed by atoms with Gasteiger partial charge in [0.1, 0.15) is 6.61 Å². The second kappa shape index (κ2) is 7.50. The smallest absolute Gasteiger partial charge is 0.252 e. The number of fused-ring (bicyclic) bond motifs is 1. The molecule has 0 unspecified atom stereocenters. The Bertz CT molecular complexity index is 1020. The molecule has 0 spiro atoms. The molecular formula is C21H24N4O3. The molecule has 28 heavy (non-hydrogen) atoms. The lowest BCUT2D eigenvalue weighted by atomic mass is 10.1. The first-order chi connectivity index (χ1) is 13.6. The predicted molar refractivity (Wildman–Crippen MR) is 106 cm³/mol. The summed E-state index contributed by atoms with van der Waals surface area (Å²) < 4.78 is 12.8. The second-order valence-electron chi connectivity index (χ2n) is 7.03. The zero-order chi connectivity index (χ0) is 19.7. The van der Waals surface area contributed by atoms with Gasteiger partial charge in [-0.15, -0.1) is 0 Å². The van der Waals surface area contributed by atoms with Crippen molar-refractivity contribution >= 4 is 16.9 Å². The van der Waals surface area contributed by atoms with Gasteiger partial charge in [0, 0.05) is 18.7 Å². The third-order valence-electron chi connectivity index (χ3n) is 4.94. The van der Waals surface area contributed by atoms with Crippen LogP contribution in [0.15, 0.2) is 30.3 Å². The molecule has 1 aliphatic rings. The maximum atomic E-state index is 12.9. The van der Waals surface area contributed by atoms with Crippen molar-refractivity contribution in [3.05, 3.63) is 47.3 Å². The normalized spacial score (nSPS) is 13.5. The zero-order valence-electron chi connectivity index (χ0n) is 16.4. The summed E-state index contributed by atoms with van der Waals surface area (Å²) >= 11 is 0. The van der Waals surface area contributed by atoms with Crippen LogP contribution in [0, 0.1) is 6.92 Å². The molecule has 1 aliphatic carbocycles. The quantitative estimate of drug-likeness (QED) is 0.638. The van der Waals surface area contributed by atoms with E-state index >= 15 is 0 Å². The molecule has 2 heterocycles. The lowest BCUT2D eigenvalue weighted by Crippen LogP contribution is -2.28. The number of nitrogens with zero attached hydrogens (tertiary/aromatic N) is 3. The number of para-hydroxylation sites is 2. The fourth-order valence-electron chi connectivity index (χ4n) is 3.39. The number of benzene rings is 1. The minimum atomic E-state index is -0.131. The first kappa shape index (κ1) is 18.3. The zero-order valence-corrected chi connectivity index (χ0v) is 16.4. The molecule has 0 bridgehead atoms. The molecular weight excluding hydrogens is 356 g/mol. The Hall–Kier alpha value is -3.09. The second-order valence-corrected chi connectivity index (χ2v) is 7.03. The van der Waals surface area contributed by atoms with Crippen LogP contribution in [0.2, 0.25) is 0 Å².